The SMILES string of the molecule is O=C(Cc1ccncc1)N1CCO[C@@H](COc2ccccn2)[C@@H]1c1ccccc1. The second kappa shape index (κ2) is 9.30. The summed E-state index contributed by atoms with van der Waals surface area (Å²) in [6.07, 6.45) is 5.16. The minimum Gasteiger partial charge on any atom is -0.475 e. The average molecular weight is 389 g/mol. The normalized spacial score (nSPS) is 19.0. The molecule has 2 aromatic heterocycles. The van der Waals surface area contributed by atoms with Crippen molar-refractivity contribution in [2.75, 3.05) is 19.8 Å². The Bertz CT molecular complexity index is 906. The first kappa shape index (κ1) is 19.1. The Labute approximate surface area is 170 Å². The number of nitrogens with zero attached hydrogens (tertiary/aromatic N) is 3. The monoisotopic (exact) mass is 389 g/mol. The molecule has 1 aromatic carbocycles. The van der Waals surface area contributed by atoms with Gasteiger partial charge in [-0.1, -0.05) is 36.4 Å². The van der Waals surface area contributed by atoms with Crippen molar-refractivity contribution >= 4 is 5.91 Å². The van der Waals surface area contributed by atoms with Gasteiger partial charge in [-0.2, -0.15) is 0 Å². The predicted molar refractivity (Wildman–Crippen MR) is 108 cm³/mol. The Balaban J connectivity index is 1.55. The molecule has 148 valence electrons. The van der Waals surface area contributed by atoms with E-state index in [1.807, 2.05) is 65.6 Å². The van der Waals surface area contributed by atoms with Gasteiger partial charge >= 0.3 is 0 Å². The molecule has 4 rings (SSSR count). The van der Waals surface area contributed by atoms with Gasteiger partial charge in [0, 0.05) is 31.2 Å². The Kier molecular flexibility index (Phi) is 6.12. The van der Waals surface area contributed by atoms with Gasteiger partial charge in [-0.15, -0.1) is 0 Å². The summed E-state index contributed by atoms with van der Waals surface area (Å²) in [5, 5.41) is 0. The van der Waals surface area contributed by atoms with E-state index in [2.05, 4.69) is 9.97 Å². The number of hydrogen-bond donors (Lipinski definition) is 0. The maximum absolute atomic E-state index is 13.2. The zero-order valence-electron chi connectivity index (χ0n) is 16.1. The van der Waals surface area contributed by atoms with Crippen LogP contribution >= 0.6 is 0 Å². The molecule has 6 nitrogen and oxygen atoms in total. The van der Waals surface area contributed by atoms with E-state index in [1.165, 1.54) is 0 Å². The third-order valence-electron chi connectivity index (χ3n) is 4.95. The minimum atomic E-state index is -0.283. The van der Waals surface area contributed by atoms with Gasteiger partial charge in [-0.25, -0.2) is 4.98 Å². The molecule has 6 heteroatoms. The fraction of sp³-hybridized carbons (Fsp3) is 0.261. The molecule has 29 heavy (non-hydrogen) atoms. The molecule has 1 fully saturated rings. The van der Waals surface area contributed by atoms with Crippen molar-refractivity contribution in [1.82, 2.24) is 14.9 Å². The van der Waals surface area contributed by atoms with Gasteiger partial charge in [0.05, 0.1) is 19.1 Å². The van der Waals surface area contributed by atoms with Gasteiger partial charge in [0.1, 0.15) is 12.7 Å². The molecule has 0 saturated carbocycles. The Morgan fingerprint density at radius 2 is 1.83 bits per heavy atom. The first-order chi connectivity index (χ1) is 14.3. The highest BCUT2D eigenvalue weighted by atomic mass is 16.5. The highest BCUT2D eigenvalue weighted by molar-refractivity contribution is 5.79. The Morgan fingerprint density at radius 1 is 1.03 bits per heavy atom. The van der Waals surface area contributed by atoms with Crippen LogP contribution in [-0.4, -0.2) is 46.6 Å². The number of benzene rings is 1. The highest BCUT2D eigenvalue weighted by Crippen LogP contribution is 2.30. The molecule has 2 atom stereocenters. The van der Waals surface area contributed by atoms with Crippen LogP contribution in [0.4, 0.5) is 0 Å². The molecular weight excluding hydrogens is 366 g/mol. The largest absolute Gasteiger partial charge is 0.475 e. The van der Waals surface area contributed by atoms with Crippen molar-refractivity contribution in [3.8, 4) is 5.88 Å². The first-order valence-corrected chi connectivity index (χ1v) is 9.70. The summed E-state index contributed by atoms with van der Waals surface area (Å²) in [7, 11) is 0. The lowest BCUT2D eigenvalue weighted by Gasteiger charge is -2.41. The van der Waals surface area contributed by atoms with E-state index in [0.717, 1.165) is 11.1 Å². The van der Waals surface area contributed by atoms with E-state index in [1.54, 1.807) is 18.6 Å². The van der Waals surface area contributed by atoms with Crippen molar-refractivity contribution in [2.24, 2.45) is 0 Å². The number of carbonyl (C=O) groups excluding carboxylic acids is 1. The van der Waals surface area contributed by atoms with Gasteiger partial charge in [0.15, 0.2) is 0 Å². The first-order valence-electron chi connectivity index (χ1n) is 9.70. The van der Waals surface area contributed by atoms with Crippen molar-refractivity contribution < 1.29 is 14.3 Å². The maximum atomic E-state index is 13.2. The molecule has 0 aliphatic carbocycles. The van der Waals surface area contributed by atoms with E-state index < -0.39 is 0 Å². The number of aromatic nitrogens is 2. The molecule has 1 amide bonds. The second-order valence-electron chi connectivity index (χ2n) is 6.86. The van der Waals surface area contributed by atoms with Crippen LogP contribution in [-0.2, 0) is 16.0 Å². The molecule has 0 spiro atoms. The van der Waals surface area contributed by atoms with Gasteiger partial charge in [0.25, 0.3) is 0 Å². The molecule has 0 unspecified atom stereocenters. The van der Waals surface area contributed by atoms with Crippen LogP contribution in [0.1, 0.15) is 17.2 Å². The van der Waals surface area contributed by atoms with Crippen molar-refractivity contribution in [3.63, 3.8) is 0 Å². The Morgan fingerprint density at radius 3 is 2.59 bits per heavy atom. The van der Waals surface area contributed by atoms with Gasteiger partial charge in [-0.3, -0.25) is 9.78 Å². The fourth-order valence-electron chi connectivity index (χ4n) is 3.57. The lowest BCUT2D eigenvalue weighted by molar-refractivity contribution is -0.148. The number of pyridine rings is 2. The quantitative estimate of drug-likeness (QED) is 0.648. The van der Waals surface area contributed by atoms with E-state index >= 15 is 0 Å². The van der Waals surface area contributed by atoms with E-state index in [9.17, 15) is 4.79 Å². The number of ether oxygens (including phenoxy) is 2. The second-order valence-corrected chi connectivity index (χ2v) is 6.86. The molecule has 0 N–H and O–H groups in total. The number of morpholine rings is 1. The molecule has 3 heterocycles. The molecule has 1 aliphatic rings. The molecular formula is C23H23N3O3. The van der Waals surface area contributed by atoms with Crippen LogP contribution in [0.2, 0.25) is 0 Å². The number of amides is 1. The summed E-state index contributed by atoms with van der Waals surface area (Å²) in [6, 6.07) is 19.0. The summed E-state index contributed by atoms with van der Waals surface area (Å²) in [4.78, 5) is 23.3. The molecule has 3 aromatic rings. The van der Waals surface area contributed by atoms with E-state index in [4.69, 9.17) is 9.47 Å². The van der Waals surface area contributed by atoms with Crippen molar-refractivity contribution in [1.29, 1.82) is 0 Å². The Hall–Kier alpha value is -3.25. The van der Waals surface area contributed by atoms with Crippen LogP contribution in [0.25, 0.3) is 0 Å². The fourth-order valence-corrected chi connectivity index (χ4v) is 3.57. The number of rotatable bonds is 6. The van der Waals surface area contributed by atoms with Gasteiger partial charge in [-0.05, 0) is 29.3 Å². The lowest BCUT2D eigenvalue weighted by atomic mass is 9.97. The van der Waals surface area contributed by atoms with Crippen molar-refractivity contribution in [2.45, 2.75) is 18.6 Å². The summed E-state index contributed by atoms with van der Waals surface area (Å²) >= 11 is 0. The molecule has 0 bridgehead atoms. The number of carbonyl (C=O) groups is 1. The maximum Gasteiger partial charge on any atom is 0.227 e. The predicted octanol–water partition coefficient (Wildman–Crippen LogP) is 3.07. The smallest absolute Gasteiger partial charge is 0.227 e. The molecule has 1 saturated heterocycles. The summed E-state index contributed by atoms with van der Waals surface area (Å²) in [6.45, 7) is 1.33. The summed E-state index contributed by atoms with van der Waals surface area (Å²) < 4.78 is 11.9. The zero-order chi connectivity index (χ0) is 19.9. The van der Waals surface area contributed by atoms with Crippen LogP contribution in [0, 0.1) is 0 Å². The van der Waals surface area contributed by atoms with Crippen LogP contribution in [0.5, 0.6) is 5.88 Å². The summed E-state index contributed by atoms with van der Waals surface area (Å²) in [5.74, 6) is 0.610. The third-order valence-corrected chi connectivity index (χ3v) is 4.95. The van der Waals surface area contributed by atoms with E-state index in [-0.39, 0.29) is 18.1 Å². The number of hydrogen-bond acceptors (Lipinski definition) is 5. The van der Waals surface area contributed by atoms with Gasteiger partial charge < -0.3 is 14.4 Å². The van der Waals surface area contributed by atoms with Gasteiger partial charge in [0.2, 0.25) is 11.8 Å². The highest BCUT2D eigenvalue weighted by Gasteiger charge is 2.36. The topological polar surface area (TPSA) is 64.6 Å². The zero-order valence-corrected chi connectivity index (χ0v) is 16.1. The summed E-state index contributed by atoms with van der Waals surface area (Å²) in [5.41, 5.74) is 1.98. The molecule has 0 radical (unpaired) electrons. The van der Waals surface area contributed by atoms with Crippen molar-refractivity contribution in [3.05, 3.63) is 90.4 Å². The molecule has 1 aliphatic heterocycles. The third kappa shape index (κ3) is 4.78. The van der Waals surface area contributed by atoms with Crippen LogP contribution in [0.15, 0.2) is 79.3 Å². The average Bonchev–Trinajstić information content (AvgIpc) is 2.79. The minimum absolute atomic E-state index is 0.0659. The van der Waals surface area contributed by atoms with Crippen LogP contribution < -0.4 is 4.74 Å². The van der Waals surface area contributed by atoms with Crippen LogP contribution in [0.3, 0.4) is 0 Å². The van der Waals surface area contributed by atoms with E-state index in [0.29, 0.717) is 32.1 Å². The standard InChI is InChI=1S/C23H23N3O3/c27-22(16-18-9-12-24-13-10-18)26-14-15-28-20(17-29-21-8-4-5-11-25-21)23(26)19-6-2-1-3-7-19/h1-13,20,23H,14-17H2/t20-,23-/m0/s1. The lowest BCUT2D eigenvalue weighted by Crippen LogP contribution is -2.50.